The van der Waals surface area contributed by atoms with Crippen LogP contribution in [0.25, 0.3) is 10.7 Å². The molecule has 0 saturated carbocycles. The molecule has 3 rings (SSSR count). The van der Waals surface area contributed by atoms with Gasteiger partial charge in [-0.2, -0.15) is 0 Å². The van der Waals surface area contributed by atoms with Crippen LogP contribution in [0.15, 0.2) is 46.9 Å². The molecular weight excluding hydrogens is 370 g/mol. The third-order valence-corrected chi connectivity index (χ3v) is 5.26. The number of nitrogens with zero attached hydrogens (tertiary/aromatic N) is 3. The highest BCUT2D eigenvalue weighted by atomic mass is 32.2. The number of hydrogen-bond acceptors (Lipinski definition) is 6. The zero-order valence-corrected chi connectivity index (χ0v) is 15.9. The lowest BCUT2D eigenvalue weighted by molar-refractivity contribution is -0.114. The van der Waals surface area contributed by atoms with E-state index in [2.05, 4.69) is 20.8 Å². The molecule has 0 radical (unpaired) electrons. The average molecular weight is 387 g/mol. The van der Waals surface area contributed by atoms with Crippen molar-refractivity contribution in [2.24, 2.45) is 7.05 Å². The van der Waals surface area contributed by atoms with Crippen LogP contribution in [-0.2, 0) is 16.6 Å². The topological polar surface area (TPSA) is 88.9 Å². The Labute approximate surface area is 158 Å². The molecule has 0 aliphatic heterocycles. The summed E-state index contributed by atoms with van der Waals surface area (Å²) in [5.74, 6) is 0.676. The summed E-state index contributed by atoms with van der Waals surface area (Å²) in [6, 6.07) is 11.0. The van der Waals surface area contributed by atoms with Crippen LogP contribution >= 0.6 is 23.1 Å². The summed E-state index contributed by atoms with van der Waals surface area (Å²) in [6.45, 7) is 1.44. The molecule has 2 amide bonds. The maximum Gasteiger partial charge on any atom is 0.234 e. The lowest BCUT2D eigenvalue weighted by Gasteiger charge is -2.07. The first-order valence-electron chi connectivity index (χ1n) is 7.76. The average Bonchev–Trinajstić information content (AvgIpc) is 3.22. The third kappa shape index (κ3) is 4.50. The number of amides is 2. The molecule has 0 atom stereocenters. The number of rotatable bonds is 6. The van der Waals surface area contributed by atoms with Gasteiger partial charge >= 0.3 is 0 Å². The van der Waals surface area contributed by atoms with Crippen LogP contribution in [-0.4, -0.2) is 32.3 Å². The number of benzene rings is 1. The highest BCUT2D eigenvalue weighted by Gasteiger charge is 2.13. The number of carbonyl (C=O) groups excluding carboxylic acids is 2. The van der Waals surface area contributed by atoms with Crippen molar-refractivity contribution >= 4 is 46.3 Å². The molecule has 2 heterocycles. The lowest BCUT2D eigenvalue weighted by atomic mass is 10.2. The summed E-state index contributed by atoms with van der Waals surface area (Å²) in [6.07, 6.45) is 0. The molecule has 1 aromatic carbocycles. The molecule has 0 aliphatic carbocycles. The Hall–Kier alpha value is -2.65. The monoisotopic (exact) mass is 387 g/mol. The molecule has 0 bridgehead atoms. The number of nitrogens with one attached hydrogen (secondary N) is 2. The standard InChI is InChI=1S/C17H17N5O2S2/c1-11(23)18-12-5-3-6-13(9-12)19-15(24)10-26-17-21-20-16(22(17)2)14-7-4-8-25-14/h3-9H,10H2,1-2H3,(H,18,23)(H,19,24). The smallest absolute Gasteiger partial charge is 0.234 e. The zero-order chi connectivity index (χ0) is 18.5. The minimum atomic E-state index is -0.159. The highest BCUT2D eigenvalue weighted by molar-refractivity contribution is 7.99. The summed E-state index contributed by atoms with van der Waals surface area (Å²) >= 11 is 2.91. The van der Waals surface area contributed by atoms with E-state index in [1.54, 1.807) is 35.6 Å². The van der Waals surface area contributed by atoms with Gasteiger partial charge in [0.15, 0.2) is 11.0 Å². The number of anilines is 2. The molecule has 0 spiro atoms. The van der Waals surface area contributed by atoms with Crippen LogP contribution < -0.4 is 10.6 Å². The van der Waals surface area contributed by atoms with Crippen molar-refractivity contribution < 1.29 is 9.59 Å². The quantitative estimate of drug-likeness (QED) is 0.634. The molecule has 7 nitrogen and oxygen atoms in total. The van der Waals surface area contributed by atoms with Crippen LogP contribution in [0.3, 0.4) is 0 Å². The Bertz CT molecular complexity index is 921. The van der Waals surface area contributed by atoms with E-state index in [0.29, 0.717) is 16.5 Å². The van der Waals surface area contributed by atoms with Crippen LogP contribution in [0.4, 0.5) is 11.4 Å². The van der Waals surface area contributed by atoms with Gasteiger partial charge in [0.2, 0.25) is 11.8 Å². The van der Waals surface area contributed by atoms with Gasteiger partial charge in [0.1, 0.15) is 0 Å². The molecule has 134 valence electrons. The molecule has 26 heavy (non-hydrogen) atoms. The van der Waals surface area contributed by atoms with Crippen molar-refractivity contribution in [1.82, 2.24) is 14.8 Å². The molecule has 3 aromatic rings. The van der Waals surface area contributed by atoms with Crippen molar-refractivity contribution in [3.05, 3.63) is 41.8 Å². The number of hydrogen-bond donors (Lipinski definition) is 2. The summed E-state index contributed by atoms with van der Waals surface area (Å²) in [5, 5.41) is 16.5. The first-order chi connectivity index (χ1) is 12.5. The van der Waals surface area contributed by atoms with E-state index < -0.39 is 0 Å². The van der Waals surface area contributed by atoms with E-state index in [1.165, 1.54) is 18.7 Å². The maximum absolute atomic E-state index is 12.2. The summed E-state index contributed by atoms with van der Waals surface area (Å²) in [7, 11) is 1.88. The van der Waals surface area contributed by atoms with E-state index in [0.717, 1.165) is 10.7 Å². The second-order valence-corrected chi connectivity index (χ2v) is 7.33. The van der Waals surface area contributed by atoms with Gasteiger partial charge in [0, 0.05) is 25.3 Å². The first-order valence-corrected chi connectivity index (χ1v) is 9.63. The Morgan fingerprint density at radius 2 is 1.92 bits per heavy atom. The van der Waals surface area contributed by atoms with E-state index in [4.69, 9.17) is 0 Å². The molecule has 0 saturated heterocycles. The Kier molecular flexibility index (Phi) is 5.69. The number of carbonyl (C=O) groups is 2. The minimum Gasteiger partial charge on any atom is -0.326 e. The van der Waals surface area contributed by atoms with Crippen molar-refractivity contribution in [2.45, 2.75) is 12.1 Å². The predicted octanol–water partition coefficient (Wildman–Crippen LogP) is 3.23. The number of thioether (sulfide) groups is 1. The van der Waals surface area contributed by atoms with Gasteiger partial charge in [-0.1, -0.05) is 23.9 Å². The fraction of sp³-hybridized carbons (Fsp3) is 0.176. The fourth-order valence-electron chi connectivity index (χ4n) is 2.27. The summed E-state index contributed by atoms with van der Waals surface area (Å²) in [4.78, 5) is 24.3. The molecule has 0 unspecified atom stereocenters. The molecule has 0 aliphatic rings. The van der Waals surface area contributed by atoms with Gasteiger partial charge in [-0.05, 0) is 29.6 Å². The van der Waals surface area contributed by atoms with Gasteiger partial charge in [-0.15, -0.1) is 21.5 Å². The van der Waals surface area contributed by atoms with Gasteiger partial charge in [0.25, 0.3) is 0 Å². The Balaban J connectivity index is 1.59. The molecule has 2 aromatic heterocycles. The predicted molar refractivity (Wildman–Crippen MR) is 104 cm³/mol. The van der Waals surface area contributed by atoms with Gasteiger partial charge in [-0.25, -0.2) is 0 Å². The largest absolute Gasteiger partial charge is 0.326 e. The highest BCUT2D eigenvalue weighted by Crippen LogP contribution is 2.26. The summed E-state index contributed by atoms with van der Waals surface area (Å²) in [5.41, 5.74) is 1.26. The molecular formula is C17H17N5O2S2. The van der Waals surface area contributed by atoms with Crippen molar-refractivity contribution in [2.75, 3.05) is 16.4 Å². The molecule has 9 heteroatoms. The maximum atomic E-state index is 12.2. The Morgan fingerprint density at radius 3 is 2.62 bits per heavy atom. The van der Waals surface area contributed by atoms with Crippen LogP contribution in [0, 0.1) is 0 Å². The van der Waals surface area contributed by atoms with E-state index in [9.17, 15) is 9.59 Å². The molecule has 2 N–H and O–H groups in total. The van der Waals surface area contributed by atoms with Gasteiger partial charge in [-0.3, -0.25) is 9.59 Å². The van der Waals surface area contributed by atoms with Gasteiger partial charge < -0.3 is 15.2 Å². The van der Waals surface area contributed by atoms with Crippen LogP contribution in [0.5, 0.6) is 0 Å². The second-order valence-electron chi connectivity index (χ2n) is 5.44. The van der Waals surface area contributed by atoms with E-state index >= 15 is 0 Å². The SMILES string of the molecule is CC(=O)Nc1cccc(NC(=O)CSc2nnc(-c3cccs3)n2C)c1. The van der Waals surface area contributed by atoms with Crippen molar-refractivity contribution in [1.29, 1.82) is 0 Å². The molecule has 0 fully saturated rings. The first kappa shape index (κ1) is 18.2. The van der Waals surface area contributed by atoms with Crippen LogP contribution in [0.2, 0.25) is 0 Å². The number of aromatic nitrogens is 3. The lowest BCUT2D eigenvalue weighted by Crippen LogP contribution is -2.15. The second kappa shape index (κ2) is 8.15. The van der Waals surface area contributed by atoms with Crippen molar-refractivity contribution in [3.63, 3.8) is 0 Å². The van der Waals surface area contributed by atoms with Crippen LogP contribution in [0.1, 0.15) is 6.92 Å². The Morgan fingerprint density at radius 1 is 1.15 bits per heavy atom. The zero-order valence-electron chi connectivity index (χ0n) is 14.2. The van der Waals surface area contributed by atoms with E-state index in [1.807, 2.05) is 29.1 Å². The summed E-state index contributed by atoms with van der Waals surface area (Å²) < 4.78 is 1.88. The number of thiophene rings is 1. The van der Waals surface area contributed by atoms with Gasteiger partial charge in [0.05, 0.1) is 10.6 Å². The fourth-order valence-corrected chi connectivity index (χ4v) is 3.72. The third-order valence-electron chi connectivity index (χ3n) is 3.38. The normalized spacial score (nSPS) is 10.5. The minimum absolute atomic E-state index is 0.157. The van der Waals surface area contributed by atoms with E-state index in [-0.39, 0.29) is 17.6 Å². The van der Waals surface area contributed by atoms with Crippen molar-refractivity contribution in [3.8, 4) is 10.7 Å².